The zero-order valence-electron chi connectivity index (χ0n) is 14.7. The summed E-state index contributed by atoms with van der Waals surface area (Å²) >= 11 is 0. The average molecular weight is 358 g/mol. The van der Waals surface area contributed by atoms with Crippen molar-refractivity contribution in [1.82, 2.24) is 9.96 Å². The van der Waals surface area contributed by atoms with E-state index in [4.69, 9.17) is 0 Å². The maximum atomic E-state index is 14.2. The number of halogens is 1. The van der Waals surface area contributed by atoms with Crippen LogP contribution in [-0.4, -0.2) is 55.5 Å². The zero-order chi connectivity index (χ0) is 18.5. The van der Waals surface area contributed by atoms with E-state index < -0.39 is 15.7 Å². The Hall–Kier alpha value is -1.44. The molecule has 1 aliphatic heterocycles. The molecule has 0 aromatic carbocycles. The molecule has 1 fully saturated rings. The maximum Gasteiger partial charge on any atom is 0.178 e. The quantitative estimate of drug-likeness (QED) is 0.740. The summed E-state index contributed by atoms with van der Waals surface area (Å²) < 4.78 is 38.0. The van der Waals surface area contributed by atoms with E-state index in [2.05, 4.69) is 6.58 Å². The van der Waals surface area contributed by atoms with Crippen LogP contribution in [0, 0.1) is 5.92 Å². The van der Waals surface area contributed by atoms with Gasteiger partial charge in [0.05, 0.1) is 6.04 Å². The smallest absolute Gasteiger partial charge is 0.178 e. The van der Waals surface area contributed by atoms with Gasteiger partial charge in [-0.05, 0) is 31.1 Å². The first kappa shape index (κ1) is 20.6. The summed E-state index contributed by atoms with van der Waals surface area (Å²) in [7, 11) is -3.73. The van der Waals surface area contributed by atoms with Gasteiger partial charge in [-0.2, -0.15) is 5.06 Å². The van der Waals surface area contributed by atoms with Crippen molar-refractivity contribution in [1.29, 1.82) is 0 Å². The lowest BCUT2D eigenvalue weighted by molar-refractivity contribution is -0.162. The minimum absolute atomic E-state index is 0.0897. The Kier molecular flexibility index (Phi) is 7.38. The molecule has 0 bridgehead atoms. The molecule has 24 heavy (non-hydrogen) atoms. The van der Waals surface area contributed by atoms with E-state index in [1.54, 1.807) is 6.92 Å². The topological polar surface area (TPSA) is 60.9 Å². The van der Waals surface area contributed by atoms with Crippen LogP contribution in [0.4, 0.5) is 4.39 Å². The molecule has 1 saturated heterocycles. The van der Waals surface area contributed by atoms with Gasteiger partial charge in [0.15, 0.2) is 9.84 Å². The number of rotatable bonds is 6. The van der Waals surface area contributed by atoms with Crippen LogP contribution < -0.4 is 0 Å². The Bertz CT molecular complexity index is 651. The van der Waals surface area contributed by atoms with E-state index >= 15 is 0 Å². The molecular formula is C17H27FN2O3S. The molecular weight excluding hydrogens is 331 g/mol. The second-order valence-corrected chi connectivity index (χ2v) is 8.16. The SMILES string of the molecule is C=C\C(=C/C(=C(F)\C=C/C)S(C)(=O)=O)N1CCN(O)C(C(C)C)C1. The highest BCUT2D eigenvalue weighted by atomic mass is 32.2. The molecule has 136 valence electrons. The third-order valence-electron chi connectivity index (χ3n) is 3.96. The zero-order valence-corrected chi connectivity index (χ0v) is 15.6. The first-order valence-electron chi connectivity index (χ1n) is 7.89. The Labute approximate surface area is 144 Å². The fourth-order valence-electron chi connectivity index (χ4n) is 2.58. The lowest BCUT2D eigenvalue weighted by Crippen LogP contribution is -2.53. The highest BCUT2D eigenvalue weighted by molar-refractivity contribution is 7.94. The van der Waals surface area contributed by atoms with E-state index in [1.807, 2.05) is 18.7 Å². The van der Waals surface area contributed by atoms with Gasteiger partial charge in [0, 0.05) is 31.6 Å². The standard InChI is InChI=1S/C17H27FN2O3S/c1-6-8-15(18)17(24(5,22)23)11-14(7-2)19-9-10-20(21)16(12-19)13(3)4/h6-8,11,13,16,21H,2,9-10,12H2,1,3-5H3/b8-6-,14-11+,17-15-. The van der Waals surface area contributed by atoms with Crippen LogP contribution >= 0.6 is 0 Å². The van der Waals surface area contributed by atoms with E-state index in [0.29, 0.717) is 25.3 Å². The van der Waals surface area contributed by atoms with Gasteiger partial charge in [-0.1, -0.05) is 26.5 Å². The third-order valence-corrected chi connectivity index (χ3v) is 5.07. The molecule has 0 amide bonds. The van der Waals surface area contributed by atoms with Crippen molar-refractivity contribution in [2.24, 2.45) is 5.92 Å². The van der Waals surface area contributed by atoms with Gasteiger partial charge in [-0.25, -0.2) is 12.8 Å². The molecule has 0 aliphatic carbocycles. The van der Waals surface area contributed by atoms with Crippen molar-refractivity contribution in [3.63, 3.8) is 0 Å². The summed E-state index contributed by atoms with van der Waals surface area (Å²) in [6.07, 6.45) is 6.36. The summed E-state index contributed by atoms with van der Waals surface area (Å²) in [5.41, 5.74) is 0.522. The molecule has 0 aromatic rings. The maximum absolute atomic E-state index is 14.2. The molecule has 1 heterocycles. The molecule has 0 aromatic heterocycles. The van der Waals surface area contributed by atoms with Crippen LogP contribution in [-0.2, 0) is 9.84 Å². The number of hydrogen-bond donors (Lipinski definition) is 1. The van der Waals surface area contributed by atoms with Gasteiger partial charge in [0.25, 0.3) is 0 Å². The Balaban J connectivity index is 3.25. The van der Waals surface area contributed by atoms with Crippen LogP contribution in [0.3, 0.4) is 0 Å². The minimum Gasteiger partial charge on any atom is -0.368 e. The number of piperazine rings is 1. The predicted molar refractivity (Wildman–Crippen MR) is 94.8 cm³/mol. The van der Waals surface area contributed by atoms with Crippen LogP contribution in [0.1, 0.15) is 20.8 Å². The van der Waals surface area contributed by atoms with Crippen molar-refractivity contribution in [2.45, 2.75) is 26.8 Å². The highest BCUT2D eigenvalue weighted by Crippen LogP contribution is 2.23. The number of nitrogens with zero attached hydrogens (tertiary/aromatic N) is 2. The number of hydrogen-bond acceptors (Lipinski definition) is 5. The van der Waals surface area contributed by atoms with E-state index in [1.165, 1.54) is 23.3 Å². The van der Waals surface area contributed by atoms with Crippen molar-refractivity contribution >= 4 is 9.84 Å². The largest absolute Gasteiger partial charge is 0.368 e. The highest BCUT2D eigenvalue weighted by Gasteiger charge is 2.29. The van der Waals surface area contributed by atoms with Crippen molar-refractivity contribution in [3.8, 4) is 0 Å². The van der Waals surface area contributed by atoms with Crippen LogP contribution in [0.15, 0.2) is 47.3 Å². The van der Waals surface area contributed by atoms with Gasteiger partial charge in [-0.3, -0.25) is 0 Å². The Morgan fingerprint density at radius 3 is 2.46 bits per heavy atom. The molecule has 1 rings (SSSR count). The molecule has 1 atom stereocenters. The third kappa shape index (κ3) is 5.29. The van der Waals surface area contributed by atoms with Crippen molar-refractivity contribution in [2.75, 3.05) is 25.9 Å². The molecule has 5 nitrogen and oxygen atoms in total. The van der Waals surface area contributed by atoms with E-state index in [-0.39, 0.29) is 16.9 Å². The van der Waals surface area contributed by atoms with Gasteiger partial charge in [0.2, 0.25) is 0 Å². The van der Waals surface area contributed by atoms with E-state index in [0.717, 1.165) is 12.3 Å². The molecule has 1 unspecified atom stereocenters. The fraction of sp³-hybridized carbons (Fsp3) is 0.529. The molecule has 1 N–H and O–H groups in total. The number of hydroxylamine groups is 2. The fourth-order valence-corrected chi connectivity index (χ4v) is 3.34. The summed E-state index contributed by atoms with van der Waals surface area (Å²) in [5.74, 6) is -0.589. The van der Waals surface area contributed by atoms with Crippen molar-refractivity contribution < 1.29 is 18.0 Å². The van der Waals surface area contributed by atoms with Crippen LogP contribution in [0.2, 0.25) is 0 Å². The first-order valence-corrected chi connectivity index (χ1v) is 9.78. The summed E-state index contributed by atoms with van der Waals surface area (Å²) in [6.45, 7) is 10.8. The molecule has 0 radical (unpaired) electrons. The lowest BCUT2D eigenvalue weighted by atomic mass is 10.0. The normalized spacial score (nSPS) is 22.2. The molecule has 0 saturated carbocycles. The predicted octanol–water partition coefficient (Wildman–Crippen LogP) is 2.89. The van der Waals surface area contributed by atoms with Crippen molar-refractivity contribution in [3.05, 3.63) is 47.3 Å². The van der Waals surface area contributed by atoms with E-state index in [9.17, 15) is 18.0 Å². The monoisotopic (exact) mass is 358 g/mol. The second kappa shape index (κ2) is 8.60. The van der Waals surface area contributed by atoms with Gasteiger partial charge in [-0.15, -0.1) is 0 Å². The minimum atomic E-state index is -3.73. The summed E-state index contributed by atoms with van der Waals surface area (Å²) in [5, 5.41) is 11.3. The Morgan fingerprint density at radius 1 is 1.38 bits per heavy atom. The molecule has 7 heteroatoms. The summed E-state index contributed by atoms with van der Waals surface area (Å²) in [6, 6.07) is -0.0897. The molecule has 0 spiro atoms. The number of allylic oxidation sites excluding steroid dienone is 5. The average Bonchev–Trinajstić information content (AvgIpc) is 2.47. The van der Waals surface area contributed by atoms with Gasteiger partial charge in [0.1, 0.15) is 10.7 Å². The summed E-state index contributed by atoms with van der Waals surface area (Å²) in [4.78, 5) is 1.54. The first-order chi connectivity index (χ1) is 11.1. The Morgan fingerprint density at radius 2 is 2.00 bits per heavy atom. The number of sulfone groups is 1. The second-order valence-electron chi connectivity index (χ2n) is 6.18. The van der Waals surface area contributed by atoms with Crippen LogP contribution in [0.25, 0.3) is 0 Å². The molecule has 1 aliphatic rings. The van der Waals surface area contributed by atoms with Crippen LogP contribution in [0.5, 0.6) is 0 Å². The van der Waals surface area contributed by atoms with Gasteiger partial charge >= 0.3 is 0 Å². The lowest BCUT2D eigenvalue weighted by Gasteiger charge is -2.41. The van der Waals surface area contributed by atoms with Gasteiger partial charge < -0.3 is 10.1 Å².